The first-order valence-corrected chi connectivity index (χ1v) is 6.22. The summed E-state index contributed by atoms with van der Waals surface area (Å²) in [5.74, 6) is 3.45. The van der Waals surface area contributed by atoms with E-state index in [1.165, 1.54) is 44.4 Å². The zero-order chi connectivity index (χ0) is 9.54. The van der Waals surface area contributed by atoms with E-state index < -0.39 is 0 Å². The Labute approximate surface area is 98.3 Å². The molecule has 0 bridgehead atoms. The molecule has 0 saturated heterocycles. The van der Waals surface area contributed by atoms with Gasteiger partial charge < -0.3 is 12.4 Å². The highest BCUT2D eigenvalue weighted by molar-refractivity contribution is 5.77. The average molecular weight is 229 g/mol. The Balaban J connectivity index is 0.000000853. The van der Waals surface area contributed by atoms with Crippen LogP contribution in [0, 0.1) is 11.8 Å². The van der Waals surface area contributed by atoms with E-state index in [1.807, 2.05) is 0 Å². The van der Waals surface area contributed by atoms with Crippen LogP contribution in [0.5, 0.6) is 0 Å². The molecule has 1 heterocycles. The van der Waals surface area contributed by atoms with Gasteiger partial charge in [-0.3, -0.25) is 10.3 Å². The molecule has 1 atom stereocenters. The molecule has 15 heavy (non-hydrogen) atoms. The van der Waals surface area contributed by atoms with E-state index in [4.69, 9.17) is 0 Å². The summed E-state index contributed by atoms with van der Waals surface area (Å²) in [5, 5.41) is 3.78. The van der Waals surface area contributed by atoms with Gasteiger partial charge in [0.05, 0.1) is 18.5 Å². The lowest BCUT2D eigenvalue weighted by atomic mass is 10.1. The maximum Gasteiger partial charge on any atom is 0.243 e. The fourth-order valence-electron chi connectivity index (χ4n) is 2.65. The largest absolute Gasteiger partial charge is 1.00 e. The molecule has 2 fully saturated rings. The number of halogens is 1. The Morgan fingerprint density at radius 3 is 2.13 bits per heavy atom. The van der Waals surface area contributed by atoms with Crippen molar-refractivity contribution in [3.8, 4) is 0 Å². The van der Waals surface area contributed by atoms with Crippen LogP contribution in [-0.4, -0.2) is 17.9 Å². The van der Waals surface area contributed by atoms with Crippen molar-refractivity contribution in [2.75, 3.05) is 0 Å². The molecular weight excluding hydrogens is 208 g/mol. The van der Waals surface area contributed by atoms with E-state index in [-0.39, 0.29) is 12.4 Å². The van der Waals surface area contributed by atoms with Crippen LogP contribution in [0.2, 0.25) is 0 Å². The van der Waals surface area contributed by atoms with Crippen molar-refractivity contribution in [1.29, 1.82) is 0 Å². The SMILES string of the molecule is CC1CCC(NC(C2CC2)C2CC2)=[NH+]1.[Cl-]. The van der Waals surface area contributed by atoms with Gasteiger partial charge in [-0.2, -0.15) is 0 Å². The number of hydrogen-bond acceptors (Lipinski definition) is 1. The molecule has 0 aromatic rings. The summed E-state index contributed by atoms with van der Waals surface area (Å²) in [4.78, 5) is 3.56. The van der Waals surface area contributed by atoms with Gasteiger partial charge in [-0.15, -0.1) is 0 Å². The van der Waals surface area contributed by atoms with E-state index in [0.717, 1.165) is 17.9 Å². The second kappa shape index (κ2) is 4.32. The van der Waals surface area contributed by atoms with Crippen LogP contribution >= 0.6 is 0 Å². The van der Waals surface area contributed by atoms with Crippen molar-refractivity contribution >= 4 is 5.84 Å². The summed E-state index contributed by atoms with van der Waals surface area (Å²) < 4.78 is 0. The maximum atomic E-state index is 3.78. The predicted octanol–water partition coefficient (Wildman–Crippen LogP) is -2.57. The lowest BCUT2D eigenvalue weighted by molar-refractivity contribution is -0.490. The Morgan fingerprint density at radius 1 is 1.13 bits per heavy atom. The Morgan fingerprint density at radius 2 is 1.73 bits per heavy atom. The topological polar surface area (TPSA) is 26.0 Å². The molecule has 2 saturated carbocycles. The molecule has 0 radical (unpaired) electrons. The van der Waals surface area contributed by atoms with Crippen LogP contribution in [0.15, 0.2) is 0 Å². The van der Waals surface area contributed by atoms with Crippen LogP contribution in [0.3, 0.4) is 0 Å². The zero-order valence-corrected chi connectivity index (χ0v) is 10.2. The molecule has 0 aromatic heterocycles. The lowest BCUT2D eigenvalue weighted by Gasteiger charge is -2.12. The van der Waals surface area contributed by atoms with Crippen LogP contribution in [-0.2, 0) is 0 Å². The summed E-state index contributed by atoms with van der Waals surface area (Å²) in [6.07, 6.45) is 8.43. The van der Waals surface area contributed by atoms with Gasteiger partial charge in [0, 0.05) is 0 Å². The molecule has 0 spiro atoms. The van der Waals surface area contributed by atoms with E-state index in [0.29, 0.717) is 6.04 Å². The highest BCUT2D eigenvalue weighted by atomic mass is 35.5. The van der Waals surface area contributed by atoms with Crippen LogP contribution in [0.4, 0.5) is 0 Å². The van der Waals surface area contributed by atoms with Gasteiger partial charge in [0.1, 0.15) is 0 Å². The summed E-state index contributed by atoms with van der Waals surface area (Å²) in [6, 6.07) is 1.51. The minimum atomic E-state index is 0. The van der Waals surface area contributed by atoms with Gasteiger partial charge in [0.15, 0.2) is 0 Å². The predicted molar refractivity (Wildman–Crippen MR) is 57.0 cm³/mol. The summed E-state index contributed by atoms with van der Waals surface area (Å²) in [6.45, 7) is 2.28. The average Bonchev–Trinajstić information content (AvgIpc) is 3.04. The molecule has 1 unspecified atom stereocenters. The molecule has 2 aliphatic carbocycles. The highest BCUT2D eigenvalue weighted by Crippen LogP contribution is 2.44. The number of rotatable bonds is 3. The lowest BCUT2D eigenvalue weighted by Crippen LogP contribution is -3.00. The minimum Gasteiger partial charge on any atom is -1.00 e. The van der Waals surface area contributed by atoms with Crippen molar-refractivity contribution in [2.45, 2.75) is 57.5 Å². The van der Waals surface area contributed by atoms with Gasteiger partial charge in [0.2, 0.25) is 5.84 Å². The van der Waals surface area contributed by atoms with Crippen LogP contribution < -0.4 is 22.7 Å². The van der Waals surface area contributed by atoms with Gasteiger partial charge in [0.25, 0.3) is 0 Å². The number of hydrogen-bond donors (Lipinski definition) is 2. The maximum absolute atomic E-state index is 3.78. The van der Waals surface area contributed by atoms with Crippen molar-refractivity contribution in [3.05, 3.63) is 0 Å². The second-order valence-corrected chi connectivity index (χ2v) is 5.41. The van der Waals surface area contributed by atoms with E-state index in [1.54, 1.807) is 0 Å². The molecule has 1 aliphatic heterocycles. The quantitative estimate of drug-likeness (QED) is 0.546. The van der Waals surface area contributed by atoms with Gasteiger partial charge in [-0.05, 0) is 50.9 Å². The molecule has 3 rings (SSSR count). The summed E-state index contributed by atoms with van der Waals surface area (Å²) >= 11 is 0. The zero-order valence-electron chi connectivity index (χ0n) is 9.43. The van der Waals surface area contributed by atoms with Crippen LogP contribution in [0.25, 0.3) is 0 Å². The number of nitrogens with one attached hydrogen (secondary N) is 2. The first kappa shape index (κ1) is 11.3. The molecule has 3 aliphatic rings. The first-order valence-electron chi connectivity index (χ1n) is 6.22. The molecule has 2 N–H and O–H groups in total. The summed E-state index contributed by atoms with van der Waals surface area (Å²) in [5.41, 5.74) is 0. The second-order valence-electron chi connectivity index (χ2n) is 5.41. The van der Waals surface area contributed by atoms with Crippen molar-refractivity contribution in [2.24, 2.45) is 11.8 Å². The fraction of sp³-hybridized carbons (Fsp3) is 0.917. The van der Waals surface area contributed by atoms with Gasteiger partial charge >= 0.3 is 0 Å². The van der Waals surface area contributed by atoms with Crippen molar-refractivity contribution < 1.29 is 17.4 Å². The normalized spacial score (nSPS) is 30.0. The monoisotopic (exact) mass is 228 g/mol. The molecule has 2 nitrogen and oxygen atoms in total. The van der Waals surface area contributed by atoms with E-state index >= 15 is 0 Å². The molecular formula is C12H21ClN2. The summed E-state index contributed by atoms with van der Waals surface area (Å²) in [7, 11) is 0. The first-order chi connectivity index (χ1) is 6.83. The van der Waals surface area contributed by atoms with Gasteiger partial charge in [-0.25, -0.2) is 0 Å². The molecule has 3 heteroatoms. The van der Waals surface area contributed by atoms with Gasteiger partial charge in [-0.1, -0.05) is 0 Å². The molecule has 0 amide bonds. The molecule has 0 aromatic carbocycles. The van der Waals surface area contributed by atoms with Crippen molar-refractivity contribution in [1.82, 2.24) is 5.32 Å². The highest BCUT2D eigenvalue weighted by Gasteiger charge is 2.45. The molecule has 86 valence electrons. The van der Waals surface area contributed by atoms with Crippen LogP contribution in [0.1, 0.15) is 45.4 Å². The minimum absolute atomic E-state index is 0. The smallest absolute Gasteiger partial charge is 0.243 e. The Kier molecular flexibility index (Phi) is 3.24. The van der Waals surface area contributed by atoms with E-state index in [2.05, 4.69) is 17.2 Å². The third-order valence-corrected chi connectivity index (χ3v) is 3.85. The third kappa shape index (κ3) is 2.66. The Hall–Kier alpha value is -0.240. The van der Waals surface area contributed by atoms with E-state index in [9.17, 15) is 0 Å². The number of amidine groups is 1. The standard InChI is InChI=1S/C12H20N2.ClH/c1-8-2-7-11(13-8)14-12(9-3-4-9)10-5-6-10;/h8-10,12H,2-7H2,1H3,(H,13,14);1H. The van der Waals surface area contributed by atoms with Crippen molar-refractivity contribution in [3.63, 3.8) is 0 Å². The Bertz CT molecular complexity index is 244. The third-order valence-electron chi connectivity index (χ3n) is 3.85. The fourth-order valence-corrected chi connectivity index (χ4v) is 2.65.